The first-order valence-electron chi connectivity index (χ1n) is 4.32. The predicted octanol–water partition coefficient (Wildman–Crippen LogP) is 0.996. The van der Waals surface area contributed by atoms with Gasteiger partial charge in [-0.15, -0.1) is 0 Å². The molecule has 1 aromatic rings. The summed E-state index contributed by atoms with van der Waals surface area (Å²) < 4.78 is 0. The lowest BCUT2D eigenvalue weighted by molar-refractivity contribution is 0.631. The van der Waals surface area contributed by atoms with Crippen molar-refractivity contribution in [2.75, 3.05) is 20.3 Å². The molecule has 12 heavy (non-hydrogen) atoms. The maximum atomic E-state index is 3.27. The van der Waals surface area contributed by atoms with E-state index < -0.39 is 0 Å². The standard InChI is InChI=1S/C10H16N2/c1-11-9-12-8-7-10-5-3-2-4-6-10/h2-6,11-12H,7-9H2,1H3. The first-order valence-corrected chi connectivity index (χ1v) is 4.32. The summed E-state index contributed by atoms with van der Waals surface area (Å²) >= 11 is 0. The van der Waals surface area contributed by atoms with Gasteiger partial charge in [-0.05, 0) is 19.0 Å². The fourth-order valence-electron chi connectivity index (χ4n) is 1.09. The van der Waals surface area contributed by atoms with E-state index in [1.54, 1.807) is 0 Å². The van der Waals surface area contributed by atoms with Crippen molar-refractivity contribution in [3.63, 3.8) is 0 Å². The molecule has 0 radical (unpaired) electrons. The SMILES string of the molecule is CNCNCCc1ccccc1. The minimum atomic E-state index is 0.882. The van der Waals surface area contributed by atoms with Gasteiger partial charge in [-0.3, -0.25) is 0 Å². The van der Waals surface area contributed by atoms with Crippen molar-refractivity contribution in [1.82, 2.24) is 10.6 Å². The van der Waals surface area contributed by atoms with Crippen LogP contribution in [0.15, 0.2) is 30.3 Å². The van der Waals surface area contributed by atoms with E-state index in [-0.39, 0.29) is 0 Å². The Balaban J connectivity index is 2.16. The lowest BCUT2D eigenvalue weighted by Crippen LogP contribution is -2.27. The quantitative estimate of drug-likeness (QED) is 0.501. The number of rotatable bonds is 5. The number of benzene rings is 1. The Bertz CT molecular complexity index is 196. The fraction of sp³-hybridized carbons (Fsp3) is 0.400. The molecule has 0 aliphatic carbocycles. The van der Waals surface area contributed by atoms with Gasteiger partial charge in [-0.2, -0.15) is 0 Å². The average Bonchev–Trinajstić information content (AvgIpc) is 2.14. The van der Waals surface area contributed by atoms with Crippen LogP contribution in [0.2, 0.25) is 0 Å². The first kappa shape index (κ1) is 9.23. The van der Waals surface area contributed by atoms with E-state index in [2.05, 4.69) is 34.9 Å². The van der Waals surface area contributed by atoms with Gasteiger partial charge in [-0.25, -0.2) is 0 Å². The molecule has 0 saturated carbocycles. The molecule has 0 saturated heterocycles. The van der Waals surface area contributed by atoms with Crippen LogP contribution in [0.4, 0.5) is 0 Å². The minimum Gasteiger partial charge on any atom is -0.308 e. The van der Waals surface area contributed by atoms with Gasteiger partial charge in [0.15, 0.2) is 0 Å². The summed E-state index contributed by atoms with van der Waals surface area (Å²) in [6, 6.07) is 10.5. The third-order valence-electron chi connectivity index (χ3n) is 1.74. The summed E-state index contributed by atoms with van der Waals surface area (Å²) in [7, 11) is 1.94. The highest BCUT2D eigenvalue weighted by atomic mass is 15.0. The topological polar surface area (TPSA) is 24.1 Å². The Morgan fingerprint density at radius 3 is 2.58 bits per heavy atom. The van der Waals surface area contributed by atoms with Crippen LogP contribution >= 0.6 is 0 Å². The summed E-state index contributed by atoms with van der Waals surface area (Å²) in [6.07, 6.45) is 1.10. The summed E-state index contributed by atoms with van der Waals surface area (Å²) in [5.41, 5.74) is 1.39. The Morgan fingerprint density at radius 2 is 1.92 bits per heavy atom. The molecule has 2 N–H and O–H groups in total. The van der Waals surface area contributed by atoms with E-state index >= 15 is 0 Å². The molecule has 2 nitrogen and oxygen atoms in total. The van der Waals surface area contributed by atoms with Crippen molar-refractivity contribution in [2.24, 2.45) is 0 Å². The van der Waals surface area contributed by atoms with Gasteiger partial charge in [0.2, 0.25) is 0 Å². The van der Waals surface area contributed by atoms with Crippen molar-refractivity contribution in [1.29, 1.82) is 0 Å². The van der Waals surface area contributed by atoms with E-state index in [1.807, 2.05) is 13.1 Å². The average molecular weight is 164 g/mol. The van der Waals surface area contributed by atoms with Crippen LogP contribution in [0.25, 0.3) is 0 Å². The molecule has 2 heteroatoms. The molecule has 0 unspecified atom stereocenters. The van der Waals surface area contributed by atoms with Crippen molar-refractivity contribution in [2.45, 2.75) is 6.42 Å². The van der Waals surface area contributed by atoms with Gasteiger partial charge in [0, 0.05) is 13.2 Å². The number of hydrogen-bond acceptors (Lipinski definition) is 2. The van der Waals surface area contributed by atoms with Gasteiger partial charge in [-0.1, -0.05) is 30.3 Å². The molecule has 0 aromatic heterocycles. The van der Waals surface area contributed by atoms with Gasteiger partial charge >= 0.3 is 0 Å². The molecule has 0 bridgehead atoms. The normalized spacial score (nSPS) is 10.1. The molecule has 0 aliphatic rings. The zero-order chi connectivity index (χ0) is 8.65. The van der Waals surface area contributed by atoms with Gasteiger partial charge < -0.3 is 10.6 Å². The Morgan fingerprint density at radius 1 is 1.17 bits per heavy atom. The minimum absolute atomic E-state index is 0.882. The molecule has 0 fully saturated rings. The molecule has 0 amide bonds. The molecular formula is C10H16N2. The van der Waals surface area contributed by atoms with E-state index in [0.29, 0.717) is 0 Å². The van der Waals surface area contributed by atoms with Crippen molar-refractivity contribution in [3.8, 4) is 0 Å². The summed E-state index contributed by atoms with van der Waals surface area (Å²) in [5, 5.41) is 6.32. The molecule has 0 spiro atoms. The number of nitrogens with one attached hydrogen (secondary N) is 2. The van der Waals surface area contributed by atoms with Gasteiger partial charge in [0.1, 0.15) is 0 Å². The second-order valence-corrected chi connectivity index (χ2v) is 2.77. The zero-order valence-electron chi connectivity index (χ0n) is 7.51. The van der Waals surface area contributed by atoms with E-state index in [4.69, 9.17) is 0 Å². The second-order valence-electron chi connectivity index (χ2n) is 2.77. The van der Waals surface area contributed by atoms with Gasteiger partial charge in [0.05, 0.1) is 0 Å². The summed E-state index contributed by atoms with van der Waals surface area (Å²) in [6.45, 7) is 1.91. The van der Waals surface area contributed by atoms with Crippen LogP contribution in [0.5, 0.6) is 0 Å². The summed E-state index contributed by atoms with van der Waals surface area (Å²) in [5.74, 6) is 0. The predicted molar refractivity (Wildman–Crippen MR) is 52.1 cm³/mol. The van der Waals surface area contributed by atoms with Crippen LogP contribution in [-0.2, 0) is 6.42 Å². The highest BCUT2D eigenvalue weighted by Gasteiger charge is 1.89. The van der Waals surface area contributed by atoms with Crippen LogP contribution in [0.3, 0.4) is 0 Å². The molecule has 1 rings (SSSR count). The van der Waals surface area contributed by atoms with E-state index in [9.17, 15) is 0 Å². The molecule has 0 atom stereocenters. The smallest absolute Gasteiger partial charge is 0.0451 e. The zero-order valence-corrected chi connectivity index (χ0v) is 7.51. The molecule has 1 aromatic carbocycles. The van der Waals surface area contributed by atoms with E-state index in [1.165, 1.54) is 5.56 Å². The molecule has 0 heterocycles. The third-order valence-corrected chi connectivity index (χ3v) is 1.74. The maximum absolute atomic E-state index is 3.27. The second kappa shape index (κ2) is 5.75. The lowest BCUT2D eigenvalue weighted by Gasteiger charge is -2.02. The number of hydrogen-bond donors (Lipinski definition) is 2. The lowest BCUT2D eigenvalue weighted by atomic mass is 10.1. The Kier molecular flexibility index (Phi) is 4.42. The Labute approximate surface area is 74.0 Å². The van der Waals surface area contributed by atoms with Crippen LogP contribution < -0.4 is 10.6 Å². The van der Waals surface area contributed by atoms with Crippen molar-refractivity contribution >= 4 is 0 Å². The highest BCUT2D eigenvalue weighted by Crippen LogP contribution is 1.97. The molecule has 66 valence electrons. The third kappa shape index (κ3) is 3.51. The fourth-order valence-corrected chi connectivity index (χ4v) is 1.09. The van der Waals surface area contributed by atoms with Crippen LogP contribution in [0.1, 0.15) is 5.56 Å². The molecular weight excluding hydrogens is 148 g/mol. The highest BCUT2D eigenvalue weighted by molar-refractivity contribution is 5.14. The first-order chi connectivity index (χ1) is 5.93. The van der Waals surface area contributed by atoms with Crippen LogP contribution in [0, 0.1) is 0 Å². The van der Waals surface area contributed by atoms with Gasteiger partial charge in [0.25, 0.3) is 0 Å². The van der Waals surface area contributed by atoms with E-state index in [0.717, 1.165) is 19.6 Å². The largest absolute Gasteiger partial charge is 0.308 e. The van der Waals surface area contributed by atoms with Crippen LogP contribution in [-0.4, -0.2) is 20.3 Å². The summed E-state index contributed by atoms with van der Waals surface area (Å²) in [4.78, 5) is 0. The van der Waals surface area contributed by atoms with Crippen molar-refractivity contribution in [3.05, 3.63) is 35.9 Å². The maximum Gasteiger partial charge on any atom is 0.0451 e. The monoisotopic (exact) mass is 164 g/mol. The molecule has 0 aliphatic heterocycles. The van der Waals surface area contributed by atoms with Crippen molar-refractivity contribution < 1.29 is 0 Å². The Hall–Kier alpha value is -0.860.